The summed E-state index contributed by atoms with van der Waals surface area (Å²) in [6, 6.07) is 0. The minimum atomic E-state index is -0.545. The second-order valence-corrected chi connectivity index (χ2v) is 11.8. The fraction of sp³-hybridized carbons (Fsp3) is 1.00. The average molecular weight is 525 g/mol. The molecule has 0 aromatic heterocycles. The normalized spacial score (nSPS) is 46.8. The van der Waals surface area contributed by atoms with Crippen molar-refractivity contribution in [3.05, 3.63) is 0 Å². The molecule has 0 aromatic carbocycles. The van der Waals surface area contributed by atoms with Crippen LogP contribution in [0.4, 0.5) is 0 Å². The summed E-state index contributed by atoms with van der Waals surface area (Å²) >= 11 is 0. The van der Waals surface area contributed by atoms with Crippen LogP contribution in [-0.2, 0) is 32.5 Å². The molecule has 4 saturated heterocycles. The van der Waals surface area contributed by atoms with Gasteiger partial charge in [-0.25, -0.2) is 0 Å². The van der Waals surface area contributed by atoms with Crippen LogP contribution in [0.2, 0.25) is 0 Å². The van der Waals surface area contributed by atoms with Crippen LogP contribution in [0.5, 0.6) is 0 Å². The zero-order valence-electron chi connectivity index (χ0n) is 20.4. The van der Waals surface area contributed by atoms with E-state index in [-0.39, 0.29) is 48.3 Å². The molecule has 0 saturated carbocycles. The van der Waals surface area contributed by atoms with Gasteiger partial charge in [0.1, 0.15) is 0 Å². The zero-order valence-corrected chi connectivity index (χ0v) is 23.9. The van der Waals surface area contributed by atoms with E-state index in [1.54, 1.807) is 0 Å². The van der Waals surface area contributed by atoms with E-state index >= 15 is 0 Å². The van der Waals surface area contributed by atoms with Gasteiger partial charge in [-0.05, 0) is 25.2 Å². The molecule has 192 valence electrons. The fourth-order valence-corrected chi connectivity index (χ4v) is 7.42. The van der Waals surface area contributed by atoms with Crippen LogP contribution in [0.15, 0.2) is 0 Å². The molecule has 10 unspecified atom stereocenters. The van der Waals surface area contributed by atoms with Crippen LogP contribution in [0.25, 0.3) is 0 Å². The van der Waals surface area contributed by atoms with E-state index in [9.17, 15) is 0 Å². The highest BCUT2D eigenvalue weighted by molar-refractivity contribution is 7.10. The Hall–Kier alpha value is 1.01. The Balaban J connectivity index is 1.43. The Morgan fingerprint density at radius 2 is 1.64 bits per heavy atom. The Morgan fingerprint density at radius 1 is 0.939 bits per heavy atom. The average Bonchev–Trinajstić information content (AvgIpc) is 3.32. The summed E-state index contributed by atoms with van der Waals surface area (Å²) in [7, 11) is 6.99. The molecule has 0 radical (unpaired) electrons. The molecule has 4 aliphatic rings. The van der Waals surface area contributed by atoms with Gasteiger partial charge in [0.25, 0.3) is 0 Å². The van der Waals surface area contributed by atoms with Crippen LogP contribution in [0, 0.1) is 11.8 Å². The van der Waals surface area contributed by atoms with Crippen molar-refractivity contribution in [1.29, 1.82) is 0 Å². The molecule has 4 aliphatic heterocycles. The molecule has 7 nitrogen and oxygen atoms in total. The van der Waals surface area contributed by atoms with Crippen LogP contribution in [-0.4, -0.2) is 60.7 Å². The zero-order chi connectivity index (χ0) is 23.8. The molecule has 0 aliphatic carbocycles. The van der Waals surface area contributed by atoms with Crippen LogP contribution in [0.1, 0.15) is 72.6 Å². The number of hydrogen-bond acceptors (Lipinski definition) is 7. The molecule has 0 aromatic rings. The highest BCUT2D eigenvalue weighted by atomic mass is 31.0. The number of hydrogen-bond donors (Lipinski definition) is 0. The topological polar surface area (TPSA) is 64.6 Å². The summed E-state index contributed by atoms with van der Waals surface area (Å²) < 4.78 is 43.0. The largest absolute Gasteiger partial charge is 0.369 e. The number of rotatable bonds is 9. The first-order chi connectivity index (χ1) is 15.7. The van der Waals surface area contributed by atoms with Gasteiger partial charge < -0.3 is 32.5 Å². The quantitative estimate of drug-likeness (QED) is 0.409. The lowest BCUT2D eigenvalue weighted by Crippen LogP contribution is -2.58. The van der Waals surface area contributed by atoms with Crippen molar-refractivity contribution in [3.8, 4) is 0 Å². The van der Waals surface area contributed by atoms with E-state index in [2.05, 4.69) is 56.1 Å². The van der Waals surface area contributed by atoms with Crippen molar-refractivity contribution in [1.82, 2.24) is 0 Å². The third-order valence-corrected chi connectivity index (χ3v) is 8.97. The van der Waals surface area contributed by atoms with Gasteiger partial charge in [-0.3, -0.25) is 0 Å². The number of ether oxygens (including phenoxy) is 4. The van der Waals surface area contributed by atoms with E-state index in [1.807, 2.05) is 0 Å². The maximum absolute atomic E-state index is 6.79. The van der Waals surface area contributed by atoms with Gasteiger partial charge in [0.05, 0.1) is 54.9 Å². The molecular formula is C23H43O7P3. The lowest BCUT2D eigenvalue weighted by molar-refractivity contribution is -0.346. The van der Waals surface area contributed by atoms with E-state index in [1.165, 1.54) is 0 Å². The summed E-state index contributed by atoms with van der Waals surface area (Å²) in [4.78, 5) is 0. The Labute approximate surface area is 206 Å². The fourth-order valence-electron chi connectivity index (χ4n) is 6.73. The van der Waals surface area contributed by atoms with Crippen LogP contribution < -0.4 is 0 Å². The second kappa shape index (κ2) is 11.2. The van der Waals surface area contributed by atoms with Gasteiger partial charge in [-0.1, -0.05) is 27.2 Å². The maximum atomic E-state index is 6.79. The van der Waals surface area contributed by atoms with Crippen LogP contribution >= 0.6 is 28.4 Å². The van der Waals surface area contributed by atoms with Crippen molar-refractivity contribution in [2.24, 2.45) is 11.8 Å². The highest BCUT2D eigenvalue weighted by Gasteiger charge is 2.59. The molecule has 0 N–H and O–H groups in total. The lowest BCUT2D eigenvalue weighted by atomic mass is 9.80. The SMILES string of the molecule is CCC[C@@]1(C)CC2O[C@]3(C[C@H](C)C4OC(C(CC(COP)OP)OP)CC4O3)C[C@H](C)C2O1. The molecule has 4 heterocycles. The summed E-state index contributed by atoms with van der Waals surface area (Å²) in [5, 5.41) is 0. The standard InChI is InChI=1S/C23H43O7P3/c1-5-6-22(4)11-19-21(28-22)14(3)10-23(27-19)9-13(2)20-18(26-23)8-16(25-20)17(30-33)7-15(29-32)12-24-31/h13-21H,5-12,31-33H2,1-4H3/t13-,14-,15?,16?,17?,18?,19?,20?,21?,22-,23+/m0/s1. The summed E-state index contributed by atoms with van der Waals surface area (Å²) in [6.07, 6.45) is 6.37. The third kappa shape index (κ3) is 5.80. The second-order valence-electron chi connectivity index (χ2n) is 10.9. The van der Waals surface area contributed by atoms with Crippen LogP contribution in [0.3, 0.4) is 0 Å². The van der Waals surface area contributed by atoms with Gasteiger partial charge >= 0.3 is 0 Å². The van der Waals surface area contributed by atoms with E-state index in [0.717, 1.165) is 38.5 Å². The van der Waals surface area contributed by atoms with Crippen molar-refractivity contribution < 1.29 is 32.5 Å². The van der Waals surface area contributed by atoms with Gasteiger partial charge in [0.2, 0.25) is 0 Å². The molecule has 10 heteroatoms. The maximum Gasteiger partial charge on any atom is 0.170 e. The Bertz CT molecular complexity index is 660. The number of fused-ring (bicyclic) bond motifs is 2. The summed E-state index contributed by atoms with van der Waals surface area (Å²) in [6.45, 7) is 9.50. The molecule has 33 heavy (non-hydrogen) atoms. The predicted molar refractivity (Wildman–Crippen MR) is 136 cm³/mol. The van der Waals surface area contributed by atoms with Crippen molar-refractivity contribution in [2.45, 2.75) is 127 Å². The summed E-state index contributed by atoms with van der Waals surface area (Å²) in [5.41, 5.74) is -0.0888. The molecule has 0 bridgehead atoms. The molecule has 4 rings (SSSR count). The molecule has 0 amide bonds. The van der Waals surface area contributed by atoms with Crippen molar-refractivity contribution >= 4 is 28.4 Å². The first-order valence-corrected chi connectivity index (χ1v) is 13.9. The molecule has 4 fully saturated rings. The summed E-state index contributed by atoms with van der Waals surface area (Å²) in [5.74, 6) is 0.201. The van der Waals surface area contributed by atoms with Gasteiger partial charge in [0.15, 0.2) is 5.79 Å². The predicted octanol–water partition coefficient (Wildman–Crippen LogP) is 4.59. The minimum absolute atomic E-state index is 0.00264. The molecule has 1 spiro atoms. The Kier molecular flexibility index (Phi) is 9.16. The Morgan fingerprint density at radius 3 is 2.27 bits per heavy atom. The first-order valence-electron chi connectivity index (χ1n) is 12.5. The van der Waals surface area contributed by atoms with E-state index in [0.29, 0.717) is 24.9 Å². The first kappa shape index (κ1) is 27.1. The van der Waals surface area contributed by atoms with Gasteiger partial charge in [-0.15, -0.1) is 0 Å². The third-order valence-electron chi connectivity index (χ3n) is 8.04. The van der Waals surface area contributed by atoms with E-state index in [4.69, 9.17) is 32.5 Å². The lowest BCUT2D eigenvalue weighted by Gasteiger charge is -2.51. The van der Waals surface area contributed by atoms with Gasteiger partial charge in [-0.2, -0.15) is 0 Å². The molecule has 14 atom stereocenters. The van der Waals surface area contributed by atoms with Crippen molar-refractivity contribution in [2.75, 3.05) is 6.61 Å². The monoisotopic (exact) mass is 524 g/mol. The van der Waals surface area contributed by atoms with E-state index < -0.39 is 5.79 Å². The van der Waals surface area contributed by atoms with Crippen molar-refractivity contribution in [3.63, 3.8) is 0 Å². The minimum Gasteiger partial charge on any atom is -0.369 e. The smallest absolute Gasteiger partial charge is 0.170 e. The molecular weight excluding hydrogens is 481 g/mol. The highest BCUT2D eigenvalue weighted by Crippen LogP contribution is 2.52. The van der Waals surface area contributed by atoms with Gasteiger partial charge in [0, 0.05) is 60.5 Å².